The number of benzene rings is 1. The first-order chi connectivity index (χ1) is 7.85. The molecule has 1 aromatic carbocycles. The van der Waals surface area contributed by atoms with Crippen molar-refractivity contribution in [2.75, 3.05) is 18.0 Å². The van der Waals surface area contributed by atoms with Crippen LogP contribution in [0.3, 0.4) is 0 Å². The maximum absolute atomic E-state index is 5.23. The van der Waals surface area contributed by atoms with Gasteiger partial charge in [0.1, 0.15) is 0 Å². The predicted octanol–water partition coefficient (Wildman–Crippen LogP) is 2.58. The van der Waals surface area contributed by atoms with E-state index >= 15 is 0 Å². The molecule has 0 amide bonds. The Bertz CT molecular complexity index is 435. The fourth-order valence-electron chi connectivity index (χ4n) is 1.54. The molecule has 0 saturated heterocycles. The molecular weight excluding hydrogens is 202 g/mol. The summed E-state index contributed by atoms with van der Waals surface area (Å²) in [5.74, 6) is 0.641. The van der Waals surface area contributed by atoms with Crippen LogP contribution in [0.25, 0.3) is 11.4 Å². The first kappa shape index (κ1) is 10.7. The summed E-state index contributed by atoms with van der Waals surface area (Å²) < 4.78 is 5.23. The summed E-state index contributed by atoms with van der Waals surface area (Å²) in [6.07, 6.45) is 0. The van der Waals surface area contributed by atoms with Gasteiger partial charge >= 0.3 is 6.01 Å². The van der Waals surface area contributed by atoms with Crippen molar-refractivity contribution in [3.63, 3.8) is 0 Å². The molecule has 0 atom stereocenters. The number of anilines is 1. The van der Waals surface area contributed by atoms with Gasteiger partial charge in [-0.1, -0.05) is 35.5 Å². The molecule has 4 nitrogen and oxygen atoms in total. The molecule has 0 aliphatic rings. The number of nitrogens with zero attached hydrogens (tertiary/aromatic N) is 3. The molecule has 0 aliphatic heterocycles. The maximum Gasteiger partial charge on any atom is 0.324 e. The molecule has 1 heterocycles. The summed E-state index contributed by atoms with van der Waals surface area (Å²) in [5, 5.41) is 3.98. The third-order valence-corrected chi connectivity index (χ3v) is 2.48. The lowest BCUT2D eigenvalue weighted by Crippen LogP contribution is -2.21. The second kappa shape index (κ2) is 4.79. The molecule has 84 valence electrons. The lowest BCUT2D eigenvalue weighted by atomic mass is 10.2. The highest BCUT2D eigenvalue weighted by molar-refractivity contribution is 5.55. The van der Waals surface area contributed by atoms with E-state index in [0.29, 0.717) is 11.8 Å². The van der Waals surface area contributed by atoms with Crippen LogP contribution in [0.2, 0.25) is 0 Å². The van der Waals surface area contributed by atoms with Crippen LogP contribution in [-0.4, -0.2) is 23.2 Å². The van der Waals surface area contributed by atoms with Crippen molar-refractivity contribution in [2.24, 2.45) is 0 Å². The predicted molar refractivity (Wildman–Crippen MR) is 63.3 cm³/mol. The Balaban J connectivity index is 2.26. The van der Waals surface area contributed by atoms with Gasteiger partial charge in [-0.3, -0.25) is 0 Å². The number of hydrogen-bond acceptors (Lipinski definition) is 4. The van der Waals surface area contributed by atoms with E-state index in [2.05, 4.69) is 24.0 Å². The minimum atomic E-state index is 0.587. The van der Waals surface area contributed by atoms with E-state index < -0.39 is 0 Å². The van der Waals surface area contributed by atoms with Crippen molar-refractivity contribution in [1.29, 1.82) is 0 Å². The zero-order valence-corrected chi connectivity index (χ0v) is 9.55. The molecule has 0 N–H and O–H groups in total. The molecule has 0 radical (unpaired) electrons. The van der Waals surface area contributed by atoms with Gasteiger partial charge in [-0.2, -0.15) is 4.98 Å². The van der Waals surface area contributed by atoms with Crippen LogP contribution >= 0.6 is 0 Å². The topological polar surface area (TPSA) is 42.2 Å². The van der Waals surface area contributed by atoms with E-state index in [1.165, 1.54) is 0 Å². The zero-order valence-electron chi connectivity index (χ0n) is 9.55. The van der Waals surface area contributed by atoms with Crippen LogP contribution in [0.1, 0.15) is 13.8 Å². The molecule has 4 heteroatoms. The Kier molecular flexibility index (Phi) is 3.19. The van der Waals surface area contributed by atoms with Gasteiger partial charge in [0.25, 0.3) is 0 Å². The van der Waals surface area contributed by atoms with Gasteiger partial charge in [0, 0.05) is 18.7 Å². The smallest absolute Gasteiger partial charge is 0.324 e. The van der Waals surface area contributed by atoms with Crippen molar-refractivity contribution in [2.45, 2.75) is 13.8 Å². The molecule has 2 rings (SSSR count). The van der Waals surface area contributed by atoms with Crippen LogP contribution in [0, 0.1) is 0 Å². The van der Waals surface area contributed by atoms with Crippen LogP contribution in [0.4, 0.5) is 6.01 Å². The van der Waals surface area contributed by atoms with E-state index in [1.807, 2.05) is 35.2 Å². The average Bonchev–Trinajstić information content (AvgIpc) is 2.81. The molecule has 2 aromatic rings. The summed E-state index contributed by atoms with van der Waals surface area (Å²) in [7, 11) is 0. The highest BCUT2D eigenvalue weighted by Crippen LogP contribution is 2.18. The number of rotatable bonds is 4. The third-order valence-electron chi connectivity index (χ3n) is 2.48. The van der Waals surface area contributed by atoms with Gasteiger partial charge in [0.2, 0.25) is 5.82 Å². The van der Waals surface area contributed by atoms with Crippen molar-refractivity contribution < 1.29 is 4.52 Å². The van der Waals surface area contributed by atoms with Crippen molar-refractivity contribution in [1.82, 2.24) is 10.1 Å². The van der Waals surface area contributed by atoms with Crippen molar-refractivity contribution >= 4 is 6.01 Å². The first-order valence-electron chi connectivity index (χ1n) is 5.49. The summed E-state index contributed by atoms with van der Waals surface area (Å²) in [5.41, 5.74) is 0.977. The monoisotopic (exact) mass is 217 g/mol. The Morgan fingerprint density at radius 2 is 1.81 bits per heavy atom. The summed E-state index contributed by atoms with van der Waals surface area (Å²) in [6.45, 7) is 5.87. The second-order valence-corrected chi connectivity index (χ2v) is 3.44. The molecule has 0 aliphatic carbocycles. The van der Waals surface area contributed by atoms with Crippen LogP contribution in [0.5, 0.6) is 0 Å². The minimum Gasteiger partial charge on any atom is -0.325 e. The Morgan fingerprint density at radius 3 is 2.44 bits per heavy atom. The lowest BCUT2D eigenvalue weighted by molar-refractivity contribution is 0.416. The molecule has 0 fully saturated rings. The third kappa shape index (κ3) is 2.05. The number of aromatic nitrogens is 2. The van der Waals surface area contributed by atoms with Crippen molar-refractivity contribution in [3.05, 3.63) is 30.3 Å². The van der Waals surface area contributed by atoms with Crippen LogP contribution in [0.15, 0.2) is 34.9 Å². The Labute approximate surface area is 94.9 Å². The summed E-state index contributed by atoms with van der Waals surface area (Å²) >= 11 is 0. The number of hydrogen-bond donors (Lipinski definition) is 0. The molecule has 0 bridgehead atoms. The van der Waals surface area contributed by atoms with Gasteiger partial charge < -0.3 is 9.42 Å². The molecule has 1 aromatic heterocycles. The van der Waals surface area contributed by atoms with Gasteiger partial charge in [-0.25, -0.2) is 0 Å². The molecule has 0 spiro atoms. The zero-order chi connectivity index (χ0) is 11.4. The van der Waals surface area contributed by atoms with E-state index in [4.69, 9.17) is 4.52 Å². The SMILES string of the molecule is CCN(CC)c1nc(-c2ccccc2)no1. The van der Waals surface area contributed by atoms with E-state index in [0.717, 1.165) is 18.7 Å². The molecule has 0 saturated carbocycles. The first-order valence-corrected chi connectivity index (χ1v) is 5.49. The molecule has 0 unspecified atom stereocenters. The lowest BCUT2D eigenvalue weighted by Gasteiger charge is -2.13. The Morgan fingerprint density at radius 1 is 1.12 bits per heavy atom. The molecular formula is C12H15N3O. The van der Waals surface area contributed by atoms with Crippen LogP contribution < -0.4 is 4.90 Å². The average molecular weight is 217 g/mol. The minimum absolute atomic E-state index is 0.587. The quantitative estimate of drug-likeness (QED) is 0.789. The van der Waals surface area contributed by atoms with E-state index in [1.54, 1.807) is 0 Å². The summed E-state index contributed by atoms with van der Waals surface area (Å²) in [6, 6.07) is 10.4. The van der Waals surface area contributed by atoms with Crippen LogP contribution in [-0.2, 0) is 0 Å². The summed E-state index contributed by atoms with van der Waals surface area (Å²) in [4.78, 5) is 6.40. The highest BCUT2D eigenvalue weighted by atomic mass is 16.5. The highest BCUT2D eigenvalue weighted by Gasteiger charge is 2.12. The fourth-order valence-corrected chi connectivity index (χ4v) is 1.54. The largest absolute Gasteiger partial charge is 0.325 e. The van der Waals surface area contributed by atoms with Crippen molar-refractivity contribution in [3.8, 4) is 11.4 Å². The van der Waals surface area contributed by atoms with Gasteiger partial charge in [-0.15, -0.1) is 0 Å². The Hall–Kier alpha value is -1.84. The second-order valence-electron chi connectivity index (χ2n) is 3.44. The van der Waals surface area contributed by atoms with Gasteiger partial charge in [0.15, 0.2) is 0 Å². The van der Waals surface area contributed by atoms with Gasteiger partial charge in [-0.05, 0) is 13.8 Å². The standard InChI is InChI=1S/C12H15N3O/c1-3-15(4-2)12-13-11(14-16-12)10-8-6-5-7-9-10/h5-9H,3-4H2,1-2H3. The van der Waals surface area contributed by atoms with Gasteiger partial charge in [0.05, 0.1) is 0 Å². The molecule has 16 heavy (non-hydrogen) atoms. The maximum atomic E-state index is 5.23. The van der Waals surface area contributed by atoms with E-state index in [9.17, 15) is 0 Å². The fraction of sp³-hybridized carbons (Fsp3) is 0.333. The van der Waals surface area contributed by atoms with E-state index in [-0.39, 0.29) is 0 Å². The normalized spacial score (nSPS) is 10.4.